The highest BCUT2D eigenvalue weighted by Crippen LogP contribution is 2.17. The van der Waals surface area contributed by atoms with Crippen molar-refractivity contribution in [1.29, 1.82) is 0 Å². The minimum Gasteiger partial charge on any atom is -0.360 e. The van der Waals surface area contributed by atoms with E-state index in [1.165, 1.54) is 6.92 Å². The fourth-order valence-electron chi connectivity index (χ4n) is 1.78. The fourth-order valence-corrected chi connectivity index (χ4v) is 1.78. The van der Waals surface area contributed by atoms with Crippen molar-refractivity contribution in [3.63, 3.8) is 0 Å². The number of hydrogen-bond donors (Lipinski definition) is 2. The second-order valence-electron chi connectivity index (χ2n) is 4.16. The number of benzene rings is 1. The summed E-state index contributed by atoms with van der Waals surface area (Å²) in [4.78, 5) is 24.6. The van der Waals surface area contributed by atoms with Crippen molar-refractivity contribution in [1.82, 2.24) is 10.3 Å². The van der Waals surface area contributed by atoms with Gasteiger partial charge >= 0.3 is 0 Å². The van der Waals surface area contributed by atoms with Crippen molar-refractivity contribution in [3.8, 4) is 11.8 Å². The number of H-pyrrole nitrogens is 1. The minimum atomic E-state index is -0.0498. The summed E-state index contributed by atoms with van der Waals surface area (Å²) < 4.78 is 0. The number of hydrogen-bond acceptors (Lipinski definition) is 2. The van der Waals surface area contributed by atoms with E-state index in [4.69, 9.17) is 0 Å². The molecule has 2 aromatic rings. The third-order valence-electron chi connectivity index (χ3n) is 2.70. The topological polar surface area (TPSA) is 62.0 Å². The van der Waals surface area contributed by atoms with E-state index in [9.17, 15) is 9.59 Å². The lowest BCUT2D eigenvalue weighted by Gasteiger charge is -1.95. The van der Waals surface area contributed by atoms with Gasteiger partial charge in [0.05, 0.1) is 0 Å². The van der Waals surface area contributed by atoms with Crippen LogP contribution in [0.4, 0.5) is 0 Å². The molecule has 1 heterocycles. The first kappa shape index (κ1) is 12.9. The van der Waals surface area contributed by atoms with E-state index >= 15 is 0 Å². The summed E-state index contributed by atoms with van der Waals surface area (Å²) in [5.74, 6) is 5.96. The van der Waals surface area contributed by atoms with Gasteiger partial charge in [0.2, 0.25) is 5.91 Å². The van der Waals surface area contributed by atoms with Crippen molar-refractivity contribution in [2.75, 3.05) is 6.54 Å². The maximum absolute atomic E-state index is 10.9. The maximum Gasteiger partial charge on any atom is 0.216 e. The molecule has 19 heavy (non-hydrogen) atoms. The third kappa shape index (κ3) is 3.23. The molecule has 4 nitrogen and oxygen atoms in total. The lowest BCUT2D eigenvalue weighted by Crippen LogP contribution is -2.20. The first-order valence-electron chi connectivity index (χ1n) is 6.00. The number of fused-ring (bicyclic) bond motifs is 1. The lowest BCUT2D eigenvalue weighted by molar-refractivity contribution is -0.118. The molecule has 0 saturated carbocycles. The molecule has 1 amide bonds. The minimum absolute atomic E-state index is 0.0498. The van der Waals surface area contributed by atoms with Crippen molar-refractivity contribution in [2.45, 2.75) is 13.3 Å². The Hall–Kier alpha value is -2.54. The monoisotopic (exact) mass is 254 g/mol. The van der Waals surface area contributed by atoms with Gasteiger partial charge in [-0.05, 0) is 18.2 Å². The summed E-state index contributed by atoms with van der Waals surface area (Å²) in [6.07, 6.45) is 3.11. The number of carbonyl (C=O) groups is 2. The molecule has 4 heteroatoms. The second-order valence-corrected chi connectivity index (χ2v) is 4.16. The molecule has 0 fully saturated rings. The summed E-state index contributed by atoms with van der Waals surface area (Å²) in [6.45, 7) is 2.03. The molecule has 0 aliphatic carbocycles. The molecule has 0 atom stereocenters. The average molecular weight is 254 g/mol. The Morgan fingerprint density at radius 1 is 1.47 bits per heavy atom. The van der Waals surface area contributed by atoms with E-state index in [1.807, 2.05) is 18.2 Å². The van der Waals surface area contributed by atoms with Crippen LogP contribution in [0.3, 0.4) is 0 Å². The molecule has 1 aromatic carbocycles. The van der Waals surface area contributed by atoms with Crippen LogP contribution in [0.5, 0.6) is 0 Å². The van der Waals surface area contributed by atoms with Gasteiger partial charge in [0.15, 0.2) is 6.29 Å². The molecule has 0 radical (unpaired) electrons. The van der Waals surface area contributed by atoms with E-state index in [-0.39, 0.29) is 5.91 Å². The van der Waals surface area contributed by atoms with Gasteiger partial charge in [0.25, 0.3) is 0 Å². The SMILES string of the molecule is CC(=O)NCCC#Cc1ccc2[nH]cc(C=O)c2c1. The summed E-state index contributed by atoms with van der Waals surface area (Å²) in [7, 11) is 0. The predicted octanol–water partition coefficient (Wildman–Crippen LogP) is 1.86. The number of rotatable bonds is 3. The molecule has 96 valence electrons. The van der Waals surface area contributed by atoms with E-state index in [0.717, 1.165) is 22.8 Å². The normalized spacial score (nSPS) is 9.74. The van der Waals surface area contributed by atoms with Crippen LogP contribution in [-0.2, 0) is 4.79 Å². The fraction of sp³-hybridized carbons (Fsp3) is 0.200. The summed E-state index contributed by atoms with van der Waals surface area (Å²) in [5, 5.41) is 3.56. The summed E-state index contributed by atoms with van der Waals surface area (Å²) in [5.41, 5.74) is 2.42. The van der Waals surface area contributed by atoms with E-state index < -0.39 is 0 Å². The summed E-state index contributed by atoms with van der Waals surface area (Å²) in [6, 6.07) is 5.69. The average Bonchev–Trinajstić information content (AvgIpc) is 2.80. The van der Waals surface area contributed by atoms with Gasteiger partial charge in [-0.1, -0.05) is 11.8 Å². The van der Waals surface area contributed by atoms with Gasteiger partial charge in [0.1, 0.15) is 0 Å². The molecule has 0 aliphatic heterocycles. The third-order valence-corrected chi connectivity index (χ3v) is 2.70. The van der Waals surface area contributed by atoms with E-state index in [0.29, 0.717) is 18.5 Å². The van der Waals surface area contributed by atoms with Crippen LogP contribution in [0.15, 0.2) is 24.4 Å². The number of carbonyl (C=O) groups excluding carboxylic acids is 2. The molecule has 0 unspecified atom stereocenters. The lowest BCUT2D eigenvalue weighted by atomic mass is 10.1. The Labute approximate surface area is 111 Å². The molecule has 0 aliphatic rings. The van der Waals surface area contributed by atoms with Gasteiger partial charge in [-0.15, -0.1) is 0 Å². The molecule has 2 N–H and O–H groups in total. The zero-order valence-electron chi connectivity index (χ0n) is 10.6. The maximum atomic E-state index is 10.9. The Kier molecular flexibility index (Phi) is 3.99. The molecular weight excluding hydrogens is 240 g/mol. The zero-order chi connectivity index (χ0) is 13.7. The van der Waals surface area contributed by atoms with Crippen LogP contribution >= 0.6 is 0 Å². The van der Waals surface area contributed by atoms with Crippen LogP contribution in [0.1, 0.15) is 29.3 Å². The van der Waals surface area contributed by atoms with Crippen LogP contribution in [0.25, 0.3) is 10.9 Å². The van der Waals surface area contributed by atoms with Crippen LogP contribution in [0.2, 0.25) is 0 Å². The Balaban J connectivity index is 2.10. The largest absolute Gasteiger partial charge is 0.360 e. The van der Waals surface area contributed by atoms with E-state index in [1.54, 1.807) is 6.20 Å². The van der Waals surface area contributed by atoms with Gasteiger partial charge < -0.3 is 10.3 Å². The van der Waals surface area contributed by atoms with Gasteiger partial charge in [-0.25, -0.2) is 0 Å². The highest BCUT2D eigenvalue weighted by Gasteiger charge is 2.02. The van der Waals surface area contributed by atoms with Crippen molar-refractivity contribution in [3.05, 3.63) is 35.5 Å². The molecule has 1 aromatic heterocycles. The molecule has 0 bridgehead atoms. The highest BCUT2D eigenvalue weighted by atomic mass is 16.1. The number of aldehydes is 1. The molecule has 2 rings (SSSR count). The number of aromatic nitrogens is 1. The smallest absolute Gasteiger partial charge is 0.216 e. The zero-order valence-corrected chi connectivity index (χ0v) is 10.6. The number of nitrogens with one attached hydrogen (secondary N) is 2. The quantitative estimate of drug-likeness (QED) is 0.499. The van der Waals surface area contributed by atoms with Crippen LogP contribution < -0.4 is 5.32 Å². The molecular formula is C15H14N2O2. The highest BCUT2D eigenvalue weighted by molar-refractivity contribution is 5.97. The predicted molar refractivity (Wildman–Crippen MR) is 73.9 cm³/mol. The number of aromatic amines is 1. The van der Waals surface area contributed by atoms with Gasteiger partial charge in [-0.3, -0.25) is 9.59 Å². The standard InChI is InChI=1S/C15H14N2O2/c1-11(19)16-7-3-2-4-12-5-6-15-14(8-12)13(10-18)9-17-15/h5-6,8-10,17H,3,7H2,1H3,(H,16,19). The van der Waals surface area contributed by atoms with Crippen molar-refractivity contribution >= 4 is 23.1 Å². The molecule has 0 saturated heterocycles. The van der Waals surface area contributed by atoms with Gasteiger partial charge in [-0.2, -0.15) is 0 Å². The second kappa shape index (κ2) is 5.87. The summed E-state index contributed by atoms with van der Waals surface area (Å²) >= 11 is 0. The van der Waals surface area contributed by atoms with Gasteiger partial charge in [0, 0.05) is 48.1 Å². The number of amides is 1. The first-order chi connectivity index (χ1) is 9.20. The van der Waals surface area contributed by atoms with Crippen LogP contribution in [0, 0.1) is 11.8 Å². The van der Waals surface area contributed by atoms with E-state index in [2.05, 4.69) is 22.1 Å². The van der Waals surface area contributed by atoms with Crippen LogP contribution in [-0.4, -0.2) is 23.7 Å². The Morgan fingerprint density at radius 2 is 2.32 bits per heavy atom. The Morgan fingerprint density at radius 3 is 3.05 bits per heavy atom. The first-order valence-corrected chi connectivity index (χ1v) is 6.00. The van der Waals surface area contributed by atoms with Crippen molar-refractivity contribution < 1.29 is 9.59 Å². The molecule has 0 spiro atoms. The van der Waals surface area contributed by atoms with Crippen molar-refractivity contribution in [2.24, 2.45) is 0 Å². The Bertz CT molecular complexity index is 674.